The van der Waals surface area contributed by atoms with Crippen molar-refractivity contribution >= 4 is 34.2 Å². The molecule has 2 nitrogen and oxygen atoms in total. The van der Waals surface area contributed by atoms with Gasteiger partial charge in [-0.2, -0.15) is 0 Å². The summed E-state index contributed by atoms with van der Waals surface area (Å²) in [5, 5.41) is 2.94. The molecule has 2 unspecified atom stereocenters. The minimum absolute atomic E-state index is 0.207. The number of amides is 1. The maximum Gasteiger partial charge on any atom is 0.228 e. The van der Waals surface area contributed by atoms with Crippen LogP contribution in [0.4, 0.5) is 5.69 Å². The molecule has 0 spiro atoms. The molecule has 13 heavy (non-hydrogen) atoms. The number of nitrogens with one attached hydrogen (secondary N) is 1. The second-order valence-electron chi connectivity index (χ2n) is 3.67. The van der Waals surface area contributed by atoms with Crippen LogP contribution in [0.2, 0.25) is 0 Å². The molecule has 0 radical (unpaired) electrons. The molecule has 66 valence electrons. The van der Waals surface area contributed by atoms with E-state index in [1.54, 1.807) is 0 Å². The molecule has 1 heterocycles. The van der Waals surface area contributed by atoms with E-state index in [4.69, 9.17) is 0 Å². The molecule has 0 bridgehead atoms. The number of anilines is 1. The minimum Gasteiger partial charge on any atom is -0.326 e. The Labute approximate surface area is 89.9 Å². The lowest BCUT2D eigenvalue weighted by Crippen LogP contribution is -2.19. The highest BCUT2D eigenvalue weighted by molar-refractivity contribution is 14.1. The maximum atomic E-state index is 11.4. The topological polar surface area (TPSA) is 29.1 Å². The van der Waals surface area contributed by atoms with E-state index >= 15 is 0 Å². The van der Waals surface area contributed by atoms with Gasteiger partial charge < -0.3 is 5.32 Å². The van der Waals surface area contributed by atoms with Crippen molar-refractivity contribution in [2.24, 2.45) is 5.92 Å². The average molecular weight is 285 g/mol. The Morgan fingerprint density at radius 3 is 3.08 bits per heavy atom. The molecule has 3 rings (SSSR count). The second-order valence-corrected chi connectivity index (χ2v) is 4.92. The SMILES string of the molecule is O=C1Nc2ccc(I)cc2C2CC12. The standard InChI is InChI=1S/C10H8INO/c11-5-1-2-9-7(3-5)6-4-8(6)10(13)12-9/h1-3,6,8H,4H2,(H,12,13). The van der Waals surface area contributed by atoms with Crippen LogP contribution in [0.5, 0.6) is 0 Å². The lowest BCUT2D eigenvalue weighted by Gasteiger charge is -2.15. The number of rotatable bonds is 0. The van der Waals surface area contributed by atoms with E-state index < -0.39 is 0 Å². The first-order valence-electron chi connectivity index (χ1n) is 4.36. The Balaban J connectivity index is 2.15. The largest absolute Gasteiger partial charge is 0.326 e. The third kappa shape index (κ3) is 1.10. The molecule has 1 aromatic rings. The van der Waals surface area contributed by atoms with Crippen LogP contribution in [0.3, 0.4) is 0 Å². The average Bonchev–Trinajstić information content (AvgIpc) is 2.86. The Hall–Kier alpha value is -0.580. The molecular formula is C10H8INO. The van der Waals surface area contributed by atoms with Crippen LogP contribution >= 0.6 is 22.6 Å². The van der Waals surface area contributed by atoms with Crippen LogP contribution in [-0.2, 0) is 4.79 Å². The zero-order chi connectivity index (χ0) is 9.00. The zero-order valence-corrected chi connectivity index (χ0v) is 9.04. The lowest BCUT2D eigenvalue weighted by atomic mass is 10.0. The van der Waals surface area contributed by atoms with Crippen molar-refractivity contribution in [3.63, 3.8) is 0 Å². The molecule has 1 N–H and O–H groups in total. The van der Waals surface area contributed by atoms with Gasteiger partial charge in [0.2, 0.25) is 5.91 Å². The van der Waals surface area contributed by atoms with Gasteiger partial charge in [0, 0.05) is 15.2 Å². The predicted octanol–water partition coefficient (Wildman–Crippen LogP) is 2.35. The van der Waals surface area contributed by atoms with Crippen molar-refractivity contribution in [2.45, 2.75) is 12.3 Å². The summed E-state index contributed by atoms with van der Waals surface area (Å²) in [6.07, 6.45) is 1.04. The van der Waals surface area contributed by atoms with E-state index in [1.807, 2.05) is 12.1 Å². The molecule has 1 aromatic carbocycles. The highest BCUT2D eigenvalue weighted by atomic mass is 127. The molecular weight excluding hydrogens is 277 g/mol. The van der Waals surface area contributed by atoms with Crippen LogP contribution in [0.1, 0.15) is 17.9 Å². The Morgan fingerprint density at radius 1 is 1.38 bits per heavy atom. The fourth-order valence-electron chi connectivity index (χ4n) is 2.01. The highest BCUT2D eigenvalue weighted by Crippen LogP contribution is 2.53. The summed E-state index contributed by atoms with van der Waals surface area (Å²) in [4.78, 5) is 11.4. The summed E-state index contributed by atoms with van der Waals surface area (Å²) >= 11 is 2.31. The monoisotopic (exact) mass is 285 g/mol. The molecule has 1 fully saturated rings. The molecule has 0 saturated heterocycles. The summed E-state index contributed by atoms with van der Waals surface area (Å²) in [7, 11) is 0. The van der Waals surface area contributed by atoms with Crippen LogP contribution in [0.15, 0.2) is 18.2 Å². The van der Waals surface area contributed by atoms with Gasteiger partial charge in [-0.3, -0.25) is 4.79 Å². The van der Waals surface area contributed by atoms with Gasteiger partial charge in [0.1, 0.15) is 0 Å². The molecule has 1 saturated carbocycles. The van der Waals surface area contributed by atoms with E-state index in [9.17, 15) is 4.79 Å². The second kappa shape index (κ2) is 2.47. The molecule has 0 aromatic heterocycles. The van der Waals surface area contributed by atoms with Crippen molar-refractivity contribution in [3.8, 4) is 0 Å². The molecule has 1 aliphatic carbocycles. The van der Waals surface area contributed by atoms with Gasteiger partial charge in [0.05, 0.1) is 0 Å². The molecule has 2 aliphatic rings. The van der Waals surface area contributed by atoms with Crippen molar-refractivity contribution in [3.05, 3.63) is 27.3 Å². The maximum absolute atomic E-state index is 11.4. The zero-order valence-electron chi connectivity index (χ0n) is 6.88. The first-order chi connectivity index (χ1) is 6.25. The van der Waals surface area contributed by atoms with Crippen molar-refractivity contribution in [1.82, 2.24) is 0 Å². The van der Waals surface area contributed by atoms with E-state index in [2.05, 4.69) is 34.0 Å². The third-order valence-electron chi connectivity index (χ3n) is 2.80. The summed E-state index contributed by atoms with van der Waals surface area (Å²) in [5.74, 6) is 0.989. The third-order valence-corrected chi connectivity index (χ3v) is 3.47. The summed E-state index contributed by atoms with van der Waals surface area (Å²) in [6.45, 7) is 0. The summed E-state index contributed by atoms with van der Waals surface area (Å²) < 4.78 is 1.25. The number of halogens is 1. The normalized spacial score (nSPS) is 28.8. The van der Waals surface area contributed by atoms with E-state index in [1.165, 1.54) is 9.13 Å². The number of carbonyl (C=O) groups excluding carboxylic acids is 1. The number of fused-ring (bicyclic) bond motifs is 3. The smallest absolute Gasteiger partial charge is 0.228 e. The molecule has 2 atom stereocenters. The Morgan fingerprint density at radius 2 is 2.23 bits per heavy atom. The van der Waals surface area contributed by atoms with Crippen LogP contribution in [0.25, 0.3) is 0 Å². The first-order valence-corrected chi connectivity index (χ1v) is 5.44. The van der Waals surface area contributed by atoms with E-state index in [0.717, 1.165) is 12.1 Å². The van der Waals surface area contributed by atoms with E-state index in [-0.39, 0.29) is 11.8 Å². The molecule has 3 heteroatoms. The van der Waals surface area contributed by atoms with Gasteiger partial charge in [-0.1, -0.05) is 0 Å². The minimum atomic E-state index is 0.207. The number of benzene rings is 1. The number of hydrogen-bond acceptors (Lipinski definition) is 1. The molecule has 1 amide bonds. The van der Waals surface area contributed by atoms with Gasteiger partial charge in [0.15, 0.2) is 0 Å². The summed E-state index contributed by atoms with van der Waals surface area (Å²) in [6, 6.07) is 6.21. The highest BCUT2D eigenvalue weighted by Gasteiger charge is 2.48. The van der Waals surface area contributed by atoms with Crippen molar-refractivity contribution < 1.29 is 4.79 Å². The fourth-order valence-corrected chi connectivity index (χ4v) is 2.52. The Kier molecular flexibility index (Phi) is 1.48. The fraction of sp³-hybridized carbons (Fsp3) is 0.300. The number of hydrogen-bond donors (Lipinski definition) is 1. The quantitative estimate of drug-likeness (QED) is 0.728. The van der Waals surface area contributed by atoms with Crippen LogP contribution in [-0.4, -0.2) is 5.91 Å². The van der Waals surface area contributed by atoms with Crippen molar-refractivity contribution in [1.29, 1.82) is 0 Å². The Bertz CT molecular complexity index is 402. The summed E-state index contributed by atoms with van der Waals surface area (Å²) in [5.41, 5.74) is 2.35. The predicted molar refractivity (Wildman–Crippen MR) is 58.6 cm³/mol. The number of carbonyl (C=O) groups is 1. The van der Waals surface area contributed by atoms with E-state index in [0.29, 0.717) is 5.92 Å². The van der Waals surface area contributed by atoms with Gasteiger partial charge in [-0.05, 0) is 58.7 Å². The van der Waals surface area contributed by atoms with Crippen LogP contribution in [0, 0.1) is 9.49 Å². The molecule has 1 aliphatic heterocycles. The van der Waals surface area contributed by atoms with Gasteiger partial charge in [-0.25, -0.2) is 0 Å². The van der Waals surface area contributed by atoms with Gasteiger partial charge >= 0.3 is 0 Å². The lowest BCUT2D eigenvalue weighted by molar-refractivity contribution is -0.117. The van der Waals surface area contributed by atoms with Gasteiger partial charge in [0.25, 0.3) is 0 Å². The van der Waals surface area contributed by atoms with Crippen molar-refractivity contribution in [2.75, 3.05) is 5.32 Å². The first kappa shape index (κ1) is 7.79. The van der Waals surface area contributed by atoms with Gasteiger partial charge in [-0.15, -0.1) is 0 Å². The van der Waals surface area contributed by atoms with Crippen LogP contribution < -0.4 is 5.32 Å².